The van der Waals surface area contributed by atoms with Crippen molar-refractivity contribution in [1.82, 2.24) is 10.3 Å². The molecular formula is C16H27N3O4. The quantitative estimate of drug-likeness (QED) is 0.617. The molecule has 0 aromatic carbocycles. The summed E-state index contributed by atoms with van der Waals surface area (Å²) in [5.41, 5.74) is 0.0413. The van der Waals surface area contributed by atoms with Gasteiger partial charge in [0.15, 0.2) is 0 Å². The lowest BCUT2D eigenvalue weighted by molar-refractivity contribution is 0.0501. The molecule has 0 fully saturated rings. The molecule has 23 heavy (non-hydrogen) atoms. The zero-order valence-corrected chi connectivity index (χ0v) is 14.4. The number of carbonyl (C=O) groups is 2. The Labute approximate surface area is 136 Å². The predicted molar refractivity (Wildman–Crippen MR) is 88.9 cm³/mol. The van der Waals surface area contributed by atoms with Crippen molar-refractivity contribution in [3.8, 4) is 0 Å². The highest BCUT2D eigenvalue weighted by Crippen LogP contribution is 2.15. The minimum atomic E-state index is -1.03. The summed E-state index contributed by atoms with van der Waals surface area (Å²) < 4.78 is 5.27. The second-order valence-electron chi connectivity index (χ2n) is 6.93. The molecule has 1 rings (SSSR count). The Bertz CT molecular complexity index is 532. The number of nitrogens with one attached hydrogen (secondary N) is 3. The fraction of sp³-hybridized carbons (Fsp3) is 0.625. The van der Waals surface area contributed by atoms with E-state index in [1.54, 1.807) is 33.0 Å². The summed E-state index contributed by atoms with van der Waals surface area (Å²) >= 11 is 0. The molecule has 7 nitrogen and oxygen atoms in total. The Hall–Kier alpha value is -2.18. The third-order valence-corrected chi connectivity index (χ3v) is 2.98. The number of rotatable bonds is 7. The zero-order chi connectivity index (χ0) is 17.6. The normalized spacial score (nSPS) is 12.8. The smallest absolute Gasteiger partial charge is 0.407 e. The first-order chi connectivity index (χ1) is 10.6. The summed E-state index contributed by atoms with van der Waals surface area (Å²) in [5.74, 6) is -0.653. The number of carboxylic acids is 1. The van der Waals surface area contributed by atoms with Crippen LogP contribution in [0.2, 0.25) is 0 Å². The number of aromatic amines is 1. The lowest BCUT2D eigenvalue weighted by Crippen LogP contribution is -2.43. The highest BCUT2D eigenvalue weighted by molar-refractivity contribution is 5.92. The van der Waals surface area contributed by atoms with Gasteiger partial charge in [-0.05, 0) is 39.2 Å². The van der Waals surface area contributed by atoms with Gasteiger partial charge in [-0.15, -0.1) is 0 Å². The third kappa shape index (κ3) is 7.08. The fourth-order valence-electron chi connectivity index (χ4n) is 2.16. The number of hydrogen-bond acceptors (Lipinski definition) is 4. The third-order valence-electron chi connectivity index (χ3n) is 2.98. The van der Waals surface area contributed by atoms with Crippen LogP contribution >= 0.6 is 0 Å². The van der Waals surface area contributed by atoms with Gasteiger partial charge in [0.1, 0.15) is 11.3 Å². The zero-order valence-electron chi connectivity index (χ0n) is 14.4. The number of carboxylic acid groups (broad SMARTS) is 1. The molecule has 0 aliphatic heterocycles. The summed E-state index contributed by atoms with van der Waals surface area (Å²) in [6.07, 6.45) is 1.83. The maximum Gasteiger partial charge on any atom is 0.407 e. The van der Waals surface area contributed by atoms with Crippen molar-refractivity contribution in [2.75, 3.05) is 11.9 Å². The fourth-order valence-corrected chi connectivity index (χ4v) is 2.16. The van der Waals surface area contributed by atoms with Crippen LogP contribution in [0.1, 0.15) is 51.5 Å². The van der Waals surface area contributed by atoms with Crippen molar-refractivity contribution in [2.45, 2.75) is 52.7 Å². The molecule has 0 aliphatic carbocycles. The van der Waals surface area contributed by atoms with Gasteiger partial charge in [0.2, 0.25) is 0 Å². The highest BCUT2D eigenvalue weighted by atomic mass is 16.6. The van der Waals surface area contributed by atoms with E-state index in [1.807, 2.05) is 0 Å². The van der Waals surface area contributed by atoms with Crippen LogP contribution in [0.15, 0.2) is 12.3 Å². The van der Waals surface area contributed by atoms with Crippen molar-refractivity contribution >= 4 is 17.7 Å². The molecule has 1 aromatic rings. The van der Waals surface area contributed by atoms with Gasteiger partial charge in [-0.3, -0.25) is 0 Å². The topological polar surface area (TPSA) is 103 Å². The maximum atomic E-state index is 11.9. The lowest BCUT2D eigenvalue weighted by atomic mass is 10.0. The Kier molecular flexibility index (Phi) is 6.48. The van der Waals surface area contributed by atoms with Crippen LogP contribution in [-0.2, 0) is 4.74 Å². The van der Waals surface area contributed by atoms with Crippen LogP contribution in [0, 0.1) is 5.92 Å². The summed E-state index contributed by atoms with van der Waals surface area (Å²) in [6, 6.07) is 1.49. The molecule has 130 valence electrons. The lowest BCUT2D eigenvalue weighted by Gasteiger charge is -2.25. The number of aromatic nitrogens is 1. The largest absolute Gasteiger partial charge is 0.477 e. The number of H-pyrrole nitrogens is 1. The number of aromatic carboxylic acids is 1. The number of anilines is 1. The minimum absolute atomic E-state index is 0.102. The Morgan fingerprint density at radius 1 is 1.35 bits per heavy atom. The van der Waals surface area contributed by atoms with Crippen LogP contribution in [0.25, 0.3) is 0 Å². The summed E-state index contributed by atoms with van der Waals surface area (Å²) in [4.78, 5) is 25.7. The number of amides is 1. The molecule has 0 aliphatic rings. The maximum absolute atomic E-state index is 11.9. The van der Waals surface area contributed by atoms with E-state index in [0.29, 0.717) is 18.2 Å². The van der Waals surface area contributed by atoms with E-state index in [1.165, 1.54) is 0 Å². The monoisotopic (exact) mass is 325 g/mol. The molecule has 0 bridgehead atoms. The molecule has 7 heteroatoms. The first-order valence-corrected chi connectivity index (χ1v) is 7.72. The highest BCUT2D eigenvalue weighted by Gasteiger charge is 2.21. The van der Waals surface area contributed by atoms with Gasteiger partial charge >= 0.3 is 12.1 Å². The van der Waals surface area contributed by atoms with Crippen molar-refractivity contribution < 1.29 is 19.4 Å². The van der Waals surface area contributed by atoms with Gasteiger partial charge in [0.25, 0.3) is 0 Å². The Morgan fingerprint density at radius 2 is 2.00 bits per heavy atom. The van der Waals surface area contributed by atoms with Crippen LogP contribution < -0.4 is 10.6 Å². The predicted octanol–water partition coefficient (Wildman–Crippen LogP) is 3.06. The molecule has 0 saturated carbocycles. The molecule has 0 saturated heterocycles. The second-order valence-corrected chi connectivity index (χ2v) is 6.93. The van der Waals surface area contributed by atoms with E-state index in [9.17, 15) is 9.59 Å². The van der Waals surface area contributed by atoms with Crippen molar-refractivity contribution in [3.05, 3.63) is 18.0 Å². The van der Waals surface area contributed by atoms with Crippen molar-refractivity contribution in [3.63, 3.8) is 0 Å². The first kappa shape index (κ1) is 18.9. The average molecular weight is 325 g/mol. The molecule has 1 amide bonds. The number of hydrogen-bond donors (Lipinski definition) is 4. The number of alkyl carbamates (subject to hydrolysis) is 1. The average Bonchev–Trinajstić information content (AvgIpc) is 2.81. The summed E-state index contributed by atoms with van der Waals surface area (Å²) in [7, 11) is 0. The van der Waals surface area contributed by atoms with E-state index < -0.39 is 17.7 Å². The number of ether oxygens (including phenoxy) is 1. The Morgan fingerprint density at radius 3 is 2.52 bits per heavy atom. The molecular weight excluding hydrogens is 298 g/mol. The standard InChI is InChI=1S/C16H27N3O4/c1-10(2)8-11(19-15(22)23-16(3,4)5)9-18-12-6-7-17-13(12)14(20)21/h6-7,10-11,17-18H,8-9H2,1-5H3,(H,19,22)(H,20,21)/t11-/m0/s1. The van der Waals surface area contributed by atoms with Crippen LogP contribution in [0.4, 0.5) is 10.5 Å². The van der Waals surface area contributed by atoms with Gasteiger partial charge in [-0.1, -0.05) is 13.8 Å². The van der Waals surface area contributed by atoms with Gasteiger partial charge in [0.05, 0.1) is 5.69 Å². The second kappa shape index (κ2) is 7.89. The van der Waals surface area contributed by atoms with Gasteiger partial charge < -0.3 is 25.5 Å². The Balaban J connectivity index is 2.66. The first-order valence-electron chi connectivity index (χ1n) is 7.72. The SMILES string of the molecule is CC(C)C[C@@H](CNc1cc[nH]c1C(=O)O)NC(=O)OC(C)(C)C. The van der Waals surface area contributed by atoms with Gasteiger partial charge in [0, 0.05) is 18.8 Å². The summed E-state index contributed by atoms with van der Waals surface area (Å²) in [5, 5.41) is 15.0. The molecule has 0 spiro atoms. The molecule has 1 heterocycles. The van der Waals surface area contributed by atoms with Crippen LogP contribution in [-0.4, -0.2) is 40.3 Å². The van der Waals surface area contributed by atoms with E-state index in [2.05, 4.69) is 29.5 Å². The van der Waals surface area contributed by atoms with Crippen molar-refractivity contribution in [1.29, 1.82) is 0 Å². The van der Waals surface area contributed by atoms with E-state index >= 15 is 0 Å². The summed E-state index contributed by atoms with van der Waals surface area (Å²) in [6.45, 7) is 9.95. The van der Waals surface area contributed by atoms with E-state index in [0.717, 1.165) is 6.42 Å². The molecule has 1 atom stereocenters. The molecule has 0 radical (unpaired) electrons. The van der Waals surface area contributed by atoms with Crippen molar-refractivity contribution in [2.24, 2.45) is 5.92 Å². The molecule has 0 unspecified atom stereocenters. The van der Waals surface area contributed by atoms with Crippen LogP contribution in [0.3, 0.4) is 0 Å². The number of carbonyl (C=O) groups excluding carboxylic acids is 1. The van der Waals surface area contributed by atoms with E-state index in [4.69, 9.17) is 9.84 Å². The minimum Gasteiger partial charge on any atom is -0.477 e. The van der Waals surface area contributed by atoms with Gasteiger partial charge in [-0.25, -0.2) is 9.59 Å². The van der Waals surface area contributed by atoms with Gasteiger partial charge in [-0.2, -0.15) is 0 Å². The molecule has 4 N–H and O–H groups in total. The van der Waals surface area contributed by atoms with E-state index in [-0.39, 0.29) is 11.7 Å². The molecule has 1 aromatic heterocycles. The van der Waals surface area contributed by atoms with Crippen LogP contribution in [0.5, 0.6) is 0 Å².